The number of carbonyl (C=O) groups excluding carboxylic acids is 2. The predicted molar refractivity (Wildman–Crippen MR) is 50.0 cm³/mol. The summed E-state index contributed by atoms with van der Waals surface area (Å²) in [5.74, 6) is 0.241. The van der Waals surface area contributed by atoms with Crippen LogP contribution in [0.15, 0.2) is 0 Å². The van der Waals surface area contributed by atoms with E-state index < -0.39 is 0 Å². The van der Waals surface area contributed by atoms with Gasteiger partial charge in [0.25, 0.3) is 0 Å². The van der Waals surface area contributed by atoms with Gasteiger partial charge in [0.1, 0.15) is 0 Å². The number of carbonyl (C=O) groups is 2. The van der Waals surface area contributed by atoms with Crippen molar-refractivity contribution >= 4 is 11.8 Å². The third kappa shape index (κ3) is 1.90. The first-order chi connectivity index (χ1) is 6.07. The van der Waals surface area contributed by atoms with Gasteiger partial charge in [-0.2, -0.15) is 0 Å². The fourth-order valence-electron chi connectivity index (χ4n) is 1.69. The Morgan fingerprint density at radius 3 is 2.46 bits per heavy atom. The van der Waals surface area contributed by atoms with Crippen molar-refractivity contribution in [3.63, 3.8) is 0 Å². The number of likely N-dealkylation sites (tertiary alicyclic amines) is 1. The Morgan fingerprint density at radius 2 is 2.08 bits per heavy atom. The fourth-order valence-corrected chi connectivity index (χ4v) is 1.69. The summed E-state index contributed by atoms with van der Waals surface area (Å²) in [6.45, 7) is 6.54. The van der Waals surface area contributed by atoms with Crippen LogP contribution in [-0.2, 0) is 9.59 Å². The average Bonchev–Trinajstić information content (AvgIpc) is 2.32. The van der Waals surface area contributed by atoms with E-state index in [9.17, 15) is 9.59 Å². The normalized spacial score (nSPS) is 23.4. The van der Waals surface area contributed by atoms with E-state index in [0.29, 0.717) is 13.0 Å². The van der Waals surface area contributed by atoms with Crippen LogP contribution in [0, 0.1) is 11.8 Å². The first-order valence-corrected chi connectivity index (χ1v) is 4.92. The third-order valence-corrected chi connectivity index (χ3v) is 2.53. The quantitative estimate of drug-likeness (QED) is 0.621. The molecular formula is C10H17NO2. The highest BCUT2D eigenvalue weighted by Gasteiger charge is 2.39. The van der Waals surface area contributed by atoms with Crippen molar-refractivity contribution in [2.24, 2.45) is 11.8 Å². The lowest BCUT2D eigenvalue weighted by Crippen LogP contribution is -2.32. The molecule has 1 fully saturated rings. The maximum absolute atomic E-state index is 11.7. The Labute approximate surface area is 79.1 Å². The summed E-state index contributed by atoms with van der Waals surface area (Å²) >= 11 is 0. The summed E-state index contributed by atoms with van der Waals surface area (Å²) in [5.41, 5.74) is 0. The average molecular weight is 183 g/mol. The van der Waals surface area contributed by atoms with Crippen molar-refractivity contribution in [2.75, 3.05) is 6.54 Å². The molecule has 0 spiro atoms. The lowest BCUT2D eigenvalue weighted by atomic mass is 9.94. The van der Waals surface area contributed by atoms with Gasteiger partial charge in [-0.25, -0.2) is 0 Å². The van der Waals surface area contributed by atoms with Crippen LogP contribution in [0.2, 0.25) is 0 Å². The van der Waals surface area contributed by atoms with Crippen molar-refractivity contribution < 1.29 is 9.59 Å². The number of nitrogens with zero attached hydrogens (tertiary/aromatic N) is 1. The number of hydrogen-bond donors (Lipinski definition) is 0. The first kappa shape index (κ1) is 10.2. The molecule has 1 aliphatic heterocycles. The standard InChI is InChI=1S/C10H17NO2/c1-4-5-11-9(12)6-8(7(2)3)10(11)13/h7-8H,4-6H2,1-3H3. The molecule has 0 bridgehead atoms. The summed E-state index contributed by atoms with van der Waals surface area (Å²) < 4.78 is 0. The molecule has 1 saturated heterocycles. The SMILES string of the molecule is CCCN1C(=O)CC(C(C)C)C1=O. The number of hydrogen-bond acceptors (Lipinski definition) is 2. The molecule has 0 aliphatic carbocycles. The summed E-state index contributed by atoms with van der Waals surface area (Å²) in [7, 11) is 0. The highest BCUT2D eigenvalue weighted by Crippen LogP contribution is 2.26. The molecule has 3 heteroatoms. The van der Waals surface area contributed by atoms with E-state index in [-0.39, 0.29) is 23.7 Å². The Bertz CT molecular complexity index is 223. The molecule has 1 heterocycles. The lowest BCUT2D eigenvalue weighted by Gasteiger charge is -2.14. The van der Waals surface area contributed by atoms with Crippen LogP contribution < -0.4 is 0 Å². The van der Waals surface area contributed by atoms with Gasteiger partial charge >= 0.3 is 0 Å². The van der Waals surface area contributed by atoms with Crippen LogP contribution in [0.4, 0.5) is 0 Å². The second-order valence-corrected chi connectivity index (χ2v) is 3.94. The first-order valence-electron chi connectivity index (χ1n) is 4.92. The van der Waals surface area contributed by atoms with Crippen LogP contribution in [0.5, 0.6) is 0 Å². The number of imide groups is 1. The monoisotopic (exact) mass is 183 g/mol. The summed E-state index contributed by atoms with van der Waals surface area (Å²) in [6.07, 6.45) is 1.26. The molecule has 0 aromatic heterocycles. The van der Waals surface area contributed by atoms with Gasteiger partial charge in [0, 0.05) is 18.9 Å². The van der Waals surface area contributed by atoms with E-state index >= 15 is 0 Å². The van der Waals surface area contributed by atoms with Gasteiger partial charge < -0.3 is 0 Å². The highest BCUT2D eigenvalue weighted by atomic mass is 16.2. The number of rotatable bonds is 3. The van der Waals surface area contributed by atoms with E-state index in [2.05, 4.69) is 0 Å². The van der Waals surface area contributed by atoms with Crippen molar-refractivity contribution in [3.8, 4) is 0 Å². The van der Waals surface area contributed by atoms with Gasteiger partial charge in [-0.15, -0.1) is 0 Å². The van der Waals surface area contributed by atoms with Crippen LogP contribution in [0.1, 0.15) is 33.6 Å². The lowest BCUT2D eigenvalue weighted by molar-refractivity contribution is -0.139. The molecule has 0 aromatic carbocycles. The van der Waals surface area contributed by atoms with Gasteiger partial charge in [0.15, 0.2) is 0 Å². The van der Waals surface area contributed by atoms with E-state index in [1.165, 1.54) is 4.90 Å². The smallest absolute Gasteiger partial charge is 0.233 e. The van der Waals surface area contributed by atoms with Crippen LogP contribution in [0.3, 0.4) is 0 Å². The fraction of sp³-hybridized carbons (Fsp3) is 0.800. The predicted octanol–water partition coefficient (Wildman–Crippen LogP) is 1.43. The van der Waals surface area contributed by atoms with Crippen LogP contribution in [0.25, 0.3) is 0 Å². The summed E-state index contributed by atoms with van der Waals surface area (Å²) in [4.78, 5) is 24.5. The largest absolute Gasteiger partial charge is 0.282 e. The van der Waals surface area contributed by atoms with Crippen molar-refractivity contribution in [1.82, 2.24) is 4.90 Å². The molecule has 0 aromatic rings. The van der Waals surface area contributed by atoms with Gasteiger partial charge in [-0.05, 0) is 12.3 Å². The van der Waals surface area contributed by atoms with Gasteiger partial charge in [-0.1, -0.05) is 20.8 Å². The molecule has 0 saturated carbocycles. The zero-order valence-electron chi connectivity index (χ0n) is 8.54. The van der Waals surface area contributed by atoms with Crippen molar-refractivity contribution in [2.45, 2.75) is 33.6 Å². The molecule has 1 atom stereocenters. The molecule has 1 rings (SSSR count). The van der Waals surface area contributed by atoms with E-state index in [1.54, 1.807) is 0 Å². The minimum atomic E-state index is -0.0703. The number of amides is 2. The molecule has 1 aliphatic rings. The topological polar surface area (TPSA) is 37.4 Å². The Balaban J connectivity index is 2.69. The second kappa shape index (κ2) is 3.90. The molecule has 3 nitrogen and oxygen atoms in total. The van der Waals surface area contributed by atoms with Crippen molar-refractivity contribution in [3.05, 3.63) is 0 Å². The highest BCUT2D eigenvalue weighted by molar-refractivity contribution is 6.03. The second-order valence-electron chi connectivity index (χ2n) is 3.94. The van der Waals surface area contributed by atoms with Gasteiger partial charge in [0.05, 0.1) is 0 Å². The molecule has 13 heavy (non-hydrogen) atoms. The molecule has 1 unspecified atom stereocenters. The molecule has 74 valence electrons. The van der Waals surface area contributed by atoms with Crippen LogP contribution in [-0.4, -0.2) is 23.3 Å². The van der Waals surface area contributed by atoms with E-state index in [0.717, 1.165) is 6.42 Å². The zero-order chi connectivity index (χ0) is 10.0. The Kier molecular flexibility index (Phi) is 3.07. The molecular weight excluding hydrogens is 166 g/mol. The maximum Gasteiger partial charge on any atom is 0.233 e. The van der Waals surface area contributed by atoms with Crippen molar-refractivity contribution in [1.29, 1.82) is 0 Å². The van der Waals surface area contributed by atoms with E-state index in [4.69, 9.17) is 0 Å². The maximum atomic E-state index is 11.7. The Morgan fingerprint density at radius 1 is 1.46 bits per heavy atom. The molecule has 0 N–H and O–H groups in total. The molecule has 2 amide bonds. The van der Waals surface area contributed by atoms with Gasteiger partial charge in [-0.3, -0.25) is 14.5 Å². The zero-order valence-corrected chi connectivity index (χ0v) is 8.54. The third-order valence-electron chi connectivity index (χ3n) is 2.53. The summed E-state index contributed by atoms with van der Waals surface area (Å²) in [5, 5.41) is 0. The van der Waals surface area contributed by atoms with Gasteiger partial charge in [0.2, 0.25) is 11.8 Å². The molecule has 0 radical (unpaired) electrons. The van der Waals surface area contributed by atoms with E-state index in [1.807, 2.05) is 20.8 Å². The Hall–Kier alpha value is -0.860. The minimum Gasteiger partial charge on any atom is -0.282 e. The van der Waals surface area contributed by atoms with Crippen LogP contribution >= 0.6 is 0 Å². The minimum absolute atomic E-state index is 0.00514. The summed E-state index contributed by atoms with van der Waals surface area (Å²) in [6, 6.07) is 0.